The van der Waals surface area contributed by atoms with Crippen molar-refractivity contribution in [2.24, 2.45) is 0 Å². The van der Waals surface area contributed by atoms with Gasteiger partial charge in [0, 0.05) is 31.5 Å². The normalized spacial score (nSPS) is 14.0. The Labute approximate surface area is 113 Å². The molecule has 2 aromatic rings. The van der Waals surface area contributed by atoms with Crippen LogP contribution >= 0.6 is 0 Å². The number of anilines is 1. The fourth-order valence-electron chi connectivity index (χ4n) is 2.55. The Hall–Kier alpha value is -1.97. The van der Waals surface area contributed by atoms with Gasteiger partial charge in [-0.3, -0.25) is 4.98 Å². The van der Waals surface area contributed by atoms with Crippen molar-refractivity contribution >= 4 is 5.82 Å². The Balaban J connectivity index is 2.14. The molecule has 0 saturated carbocycles. The number of nitrogens with zero attached hydrogens (tertiary/aromatic N) is 4. The molecule has 0 N–H and O–H groups in total. The predicted octanol–water partition coefficient (Wildman–Crippen LogP) is 2.48. The van der Waals surface area contributed by atoms with Crippen molar-refractivity contribution in [3.63, 3.8) is 0 Å². The molecule has 1 aliphatic rings. The molecule has 4 nitrogen and oxygen atoms in total. The van der Waals surface area contributed by atoms with Crippen LogP contribution in [0, 0.1) is 0 Å². The van der Waals surface area contributed by atoms with Crippen LogP contribution in [0.25, 0.3) is 11.5 Å². The molecule has 0 aromatic carbocycles. The molecule has 0 spiro atoms. The summed E-state index contributed by atoms with van der Waals surface area (Å²) in [6.07, 6.45) is 6.38. The van der Waals surface area contributed by atoms with Gasteiger partial charge in [0.25, 0.3) is 0 Å². The summed E-state index contributed by atoms with van der Waals surface area (Å²) < 4.78 is 0. The lowest BCUT2D eigenvalue weighted by atomic mass is 9.96. The predicted molar refractivity (Wildman–Crippen MR) is 76.2 cm³/mol. The molecule has 2 aromatic heterocycles. The molecule has 0 aliphatic heterocycles. The quantitative estimate of drug-likeness (QED) is 0.825. The lowest BCUT2D eigenvalue weighted by Crippen LogP contribution is -2.18. The maximum absolute atomic E-state index is 4.73. The molecule has 0 fully saturated rings. The third kappa shape index (κ3) is 2.30. The molecule has 0 radical (unpaired) electrons. The topological polar surface area (TPSA) is 41.9 Å². The average Bonchev–Trinajstić information content (AvgIpc) is 2.47. The van der Waals surface area contributed by atoms with Crippen molar-refractivity contribution in [1.82, 2.24) is 15.0 Å². The van der Waals surface area contributed by atoms with Gasteiger partial charge in [-0.15, -0.1) is 0 Å². The van der Waals surface area contributed by atoms with Crippen LogP contribution in [0.3, 0.4) is 0 Å². The monoisotopic (exact) mass is 254 g/mol. The highest BCUT2D eigenvalue weighted by atomic mass is 15.2. The largest absolute Gasteiger partial charge is 0.362 e. The van der Waals surface area contributed by atoms with E-state index in [-0.39, 0.29) is 0 Å². The standard InChI is InChI=1S/C15H18N4/c1-19(2)15-11-7-3-4-8-12(11)17-14(18-15)13-9-5-6-10-16-13/h5-6,9-10H,3-4,7-8H2,1-2H3. The first kappa shape index (κ1) is 12.1. The third-order valence-corrected chi connectivity index (χ3v) is 3.48. The number of aryl methyl sites for hydroxylation is 1. The second kappa shape index (κ2) is 4.96. The first-order valence-electron chi connectivity index (χ1n) is 6.74. The second-order valence-corrected chi connectivity index (χ2v) is 5.11. The van der Waals surface area contributed by atoms with Gasteiger partial charge >= 0.3 is 0 Å². The van der Waals surface area contributed by atoms with Crippen LogP contribution in [-0.4, -0.2) is 29.0 Å². The molecular formula is C15H18N4. The van der Waals surface area contributed by atoms with E-state index < -0.39 is 0 Å². The summed E-state index contributed by atoms with van der Waals surface area (Å²) in [7, 11) is 4.08. The Morgan fingerprint density at radius 2 is 1.89 bits per heavy atom. The van der Waals surface area contributed by atoms with Crippen molar-refractivity contribution in [2.45, 2.75) is 25.7 Å². The van der Waals surface area contributed by atoms with E-state index in [4.69, 9.17) is 9.97 Å². The Bertz CT molecular complexity index is 578. The average molecular weight is 254 g/mol. The summed E-state index contributed by atoms with van der Waals surface area (Å²) in [6.45, 7) is 0. The van der Waals surface area contributed by atoms with Gasteiger partial charge < -0.3 is 4.90 Å². The van der Waals surface area contributed by atoms with E-state index in [0.29, 0.717) is 0 Å². The van der Waals surface area contributed by atoms with Gasteiger partial charge in [-0.1, -0.05) is 6.07 Å². The molecule has 19 heavy (non-hydrogen) atoms. The van der Waals surface area contributed by atoms with E-state index in [1.807, 2.05) is 32.3 Å². The van der Waals surface area contributed by atoms with Crippen LogP contribution in [-0.2, 0) is 12.8 Å². The summed E-state index contributed by atoms with van der Waals surface area (Å²) in [6, 6.07) is 5.85. The Kier molecular flexibility index (Phi) is 3.15. The van der Waals surface area contributed by atoms with Gasteiger partial charge in [-0.2, -0.15) is 0 Å². The van der Waals surface area contributed by atoms with E-state index in [1.54, 1.807) is 6.20 Å². The van der Waals surface area contributed by atoms with Gasteiger partial charge in [-0.05, 0) is 37.8 Å². The minimum Gasteiger partial charge on any atom is -0.362 e. The number of hydrogen-bond acceptors (Lipinski definition) is 4. The summed E-state index contributed by atoms with van der Waals surface area (Å²) in [4.78, 5) is 15.9. The molecule has 0 atom stereocenters. The maximum Gasteiger partial charge on any atom is 0.180 e. The van der Waals surface area contributed by atoms with Gasteiger partial charge in [0.2, 0.25) is 0 Å². The number of aromatic nitrogens is 3. The zero-order valence-electron chi connectivity index (χ0n) is 11.4. The van der Waals surface area contributed by atoms with Crippen LogP contribution in [0.1, 0.15) is 24.1 Å². The summed E-state index contributed by atoms with van der Waals surface area (Å²) in [5.74, 6) is 1.79. The second-order valence-electron chi connectivity index (χ2n) is 5.11. The molecule has 3 rings (SSSR count). The molecular weight excluding hydrogens is 236 g/mol. The number of fused-ring (bicyclic) bond motifs is 1. The summed E-state index contributed by atoms with van der Waals surface area (Å²) in [5, 5.41) is 0. The molecule has 0 saturated heterocycles. The van der Waals surface area contributed by atoms with Gasteiger partial charge in [0.1, 0.15) is 11.5 Å². The summed E-state index contributed by atoms with van der Waals surface area (Å²) >= 11 is 0. The van der Waals surface area contributed by atoms with Crippen molar-refractivity contribution in [3.05, 3.63) is 35.7 Å². The van der Waals surface area contributed by atoms with E-state index in [9.17, 15) is 0 Å². The van der Waals surface area contributed by atoms with Crippen molar-refractivity contribution < 1.29 is 0 Å². The zero-order chi connectivity index (χ0) is 13.2. The molecule has 0 unspecified atom stereocenters. The number of hydrogen-bond donors (Lipinski definition) is 0. The maximum atomic E-state index is 4.73. The van der Waals surface area contributed by atoms with Crippen LogP contribution < -0.4 is 4.90 Å². The van der Waals surface area contributed by atoms with E-state index in [2.05, 4.69) is 9.88 Å². The number of rotatable bonds is 2. The highest BCUT2D eigenvalue weighted by molar-refractivity contribution is 5.57. The van der Waals surface area contributed by atoms with Crippen molar-refractivity contribution in [3.8, 4) is 11.5 Å². The fourth-order valence-corrected chi connectivity index (χ4v) is 2.55. The SMILES string of the molecule is CN(C)c1nc(-c2ccccn2)nc2c1CCCC2. The molecule has 98 valence electrons. The number of pyridine rings is 1. The van der Waals surface area contributed by atoms with Gasteiger partial charge in [0.05, 0.1) is 0 Å². The highest BCUT2D eigenvalue weighted by Gasteiger charge is 2.19. The summed E-state index contributed by atoms with van der Waals surface area (Å²) in [5.41, 5.74) is 3.36. The fraction of sp³-hybridized carbons (Fsp3) is 0.400. The minimum atomic E-state index is 0.741. The van der Waals surface area contributed by atoms with Crippen LogP contribution in [0.4, 0.5) is 5.82 Å². The smallest absolute Gasteiger partial charge is 0.180 e. The van der Waals surface area contributed by atoms with Gasteiger partial charge in [-0.25, -0.2) is 9.97 Å². The molecule has 0 amide bonds. The van der Waals surface area contributed by atoms with Gasteiger partial charge in [0.15, 0.2) is 5.82 Å². The van der Waals surface area contributed by atoms with Crippen molar-refractivity contribution in [1.29, 1.82) is 0 Å². The van der Waals surface area contributed by atoms with Crippen LogP contribution in [0.2, 0.25) is 0 Å². The minimum absolute atomic E-state index is 0.741. The third-order valence-electron chi connectivity index (χ3n) is 3.48. The van der Waals surface area contributed by atoms with E-state index in [1.165, 1.54) is 24.1 Å². The van der Waals surface area contributed by atoms with E-state index in [0.717, 1.165) is 30.2 Å². The lowest BCUT2D eigenvalue weighted by molar-refractivity contribution is 0.662. The first-order chi connectivity index (χ1) is 9.25. The molecule has 4 heteroatoms. The van der Waals surface area contributed by atoms with Crippen molar-refractivity contribution in [2.75, 3.05) is 19.0 Å². The lowest BCUT2D eigenvalue weighted by Gasteiger charge is -2.22. The zero-order valence-corrected chi connectivity index (χ0v) is 11.4. The van der Waals surface area contributed by atoms with Crippen LogP contribution in [0.15, 0.2) is 24.4 Å². The van der Waals surface area contributed by atoms with Crippen LogP contribution in [0.5, 0.6) is 0 Å². The van der Waals surface area contributed by atoms with E-state index >= 15 is 0 Å². The highest BCUT2D eigenvalue weighted by Crippen LogP contribution is 2.29. The Morgan fingerprint density at radius 3 is 2.63 bits per heavy atom. The molecule has 2 heterocycles. The Morgan fingerprint density at radius 1 is 1.05 bits per heavy atom. The first-order valence-corrected chi connectivity index (χ1v) is 6.74. The molecule has 0 bridgehead atoms. The molecule has 1 aliphatic carbocycles.